The lowest BCUT2D eigenvalue weighted by atomic mass is 10.1. The Hall–Kier alpha value is -2.12. The van der Waals surface area contributed by atoms with Gasteiger partial charge in [-0.3, -0.25) is 10.1 Å². The van der Waals surface area contributed by atoms with Gasteiger partial charge in [-0.2, -0.15) is 0 Å². The first-order chi connectivity index (χ1) is 9.61. The number of benzene rings is 1. The van der Waals surface area contributed by atoms with Crippen molar-refractivity contribution in [1.82, 2.24) is 4.98 Å². The zero-order valence-electron chi connectivity index (χ0n) is 10.9. The Morgan fingerprint density at radius 1 is 1.35 bits per heavy atom. The highest BCUT2D eigenvalue weighted by atomic mass is 32.2. The minimum absolute atomic E-state index is 0.0115. The van der Waals surface area contributed by atoms with Crippen LogP contribution in [0.1, 0.15) is 11.1 Å². The molecule has 2 aromatic rings. The van der Waals surface area contributed by atoms with Gasteiger partial charge in [0.2, 0.25) is 0 Å². The molecule has 0 bridgehead atoms. The van der Waals surface area contributed by atoms with Crippen molar-refractivity contribution in [3.05, 3.63) is 57.6 Å². The summed E-state index contributed by atoms with van der Waals surface area (Å²) in [5.74, 6) is 6.31. The SMILES string of the molecule is Cc1ccccc1CSc1nc(NN)ccc1[N+](=O)[O-]. The smallest absolute Gasteiger partial charge is 0.301 e. The summed E-state index contributed by atoms with van der Waals surface area (Å²) in [4.78, 5) is 14.7. The Morgan fingerprint density at radius 2 is 2.10 bits per heavy atom. The van der Waals surface area contributed by atoms with Gasteiger partial charge in [0.1, 0.15) is 5.82 Å². The van der Waals surface area contributed by atoms with Crippen molar-refractivity contribution >= 4 is 23.3 Å². The third kappa shape index (κ3) is 3.25. The van der Waals surface area contributed by atoms with E-state index >= 15 is 0 Å². The van der Waals surface area contributed by atoms with Crippen molar-refractivity contribution in [2.75, 3.05) is 5.43 Å². The molecular formula is C13H14N4O2S. The lowest BCUT2D eigenvalue weighted by Gasteiger charge is -2.07. The summed E-state index contributed by atoms with van der Waals surface area (Å²) in [5, 5.41) is 11.4. The van der Waals surface area contributed by atoms with E-state index in [1.54, 1.807) is 0 Å². The van der Waals surface area contributed by atoms with Gasteiger partial charge in [0.05, 0.1) is 4.92 Å². The maximum atomic E-state index is 11.0. The van der Waals surface area contributed by atoms with E-state index in [1.165, 1.54) is 23.9 Å². The van der Waals surface area contributed by atoms with Crippen LogP contribution in [0.5, 0.6) is 0 Å². The number of thioether (sulfide) groups is 1. The van der Waals surface area contributed by atoms with Crippen molar-refractivity contribution < 1.29 is 4.92 Å². The number of hydrogen-bond acceptors (Lipinski definition) is 6. The fourth-order valence-electron chi connectivity index (χ4n) is 1.68. The lowest BCUT2D eigenvalue weighted by molar-refractivity contribution is -0.388. The molecule has 1 aromatic carbocycles. The fraction of sp³-hybridized carbons (Fsp3) is 0.154. The van der Waals surface area contributed by atoms with E-state index in [1.807, 2.05) is 31.2 Å². The fourth-order valence-corrected chi connectivity index (χ4v) is 2.75. The number of anilines is 1. The number of hydrogen-bond donors (Lipinski definition) is 2. The summed E-state index contributed by atoms with van der Waals surface area (Å²) < 4.78 is 0. The van der Waals surface area contributed by atoms with E-state index in [4.69, 9.17) is 5.84 Å². The number of aromatic nitrogens is 1. The van der Waals surface area contributed by atoms with Crippen LogP contribution in [0.15, 0.2) is 41.4 Å². The predicted octanol–water partition coefficient (Wildman–Crippen LogP) is 2.88. The standard InChI is InChI=1S/C13H14N4O2S/c1-9-4-2-3-5-10(9)8-20-13-11(17(18)19)6-7-12(15-13)16-14/h2-7H,8,14H2,1H3,(H,15,16). The first-order valence-electron chi connectivity index (χ1n) is 5.91. The Kier molecular flexibility index (Phi) is 4.54. The molecule has 20 heavy (non-hydrogen) atoms. The monoisotopic (exact) mass is 290 g/mol. The van der Waals surface area contributed by atoms with Crippen LogP contribution in [-0.4, -0.2) is 9.91 Å². The van der Waals surface area contributed by atoms with Crippen LogP contribution in [0.2, 0.25) is 0 Å². The molecule has 0 unspecified atom stereocenters. The summed E-state index contributed by atoms with van der Waals surface area (Å²) in [6, 6.07) is 10.8. The van der Waals surface area contributed by atoms with Crippen LogP contribution in [-0.2, 0) is 5.75 Å². The molecule has 1 heterocycles. The average Bonchev–Trinajstić information content (AvgIpc) is 2.46. The molecule has 1 aromatic heterocycles. The van der Waals surface area contributed by atoms with Gasteiger partial charge in [-0.25, -0.2) is 10.8 Å². The highest BCUT2D eigenvalue weighted by molar-refractivity contribution is 7.98. The summed E-state index contributed by atoms with van der Waals surface area (Å²) in [5.41, 5.74) is 4.66. The summed E-state index contributed by atoms with van der Waals surface area (Å²) in [6.07, 6.45) is 0. The average molecular weight is 290 g/mol. The normalized spacial score (nSPS) is 10.3. The maximum absolute atomic E-state index is 11.0. The molecule has 6 nitrogen and oxygen atoms in total. The molecule has 0 aliphatic carbocycles. The highest BCUT2D eigenvalue weighted by Crippen LogP contribution is 2.31. The quantitative estimate of drug-likeness (QED) is 0.380. The van der Waals surface area contributed by atoms with Gasteiger partial charge < -0.3 is 5.43 Å². The number of nitrogens with two attached hydrogens (primary N) is 1. The maximum Gasteiger partial charge on any atom is 0.301 e. The molecule has 0 saturated heterocycles. The number of rotatable bonds is 5. The molecular weight excluding hydrogens is 276 g/mol. The molecule has 0 saturated carbocycles. The van der Waals surface area contributed by atoms with E-state index in [2.05, 4.69) is 10.4 Å². The second-order valence-corrected chi connectivity index (χ2v) is 5.10. The number of nitrogen functional groups attached to an aromatic ring is 1. The van der Waals surface area contributed by atoms with Gasteiger partial charge >= 0.3 is 5.69 Å². The third-order valence-corrected chi connectivity index (χ3v) is 3.84. The molecule has 0 aliphatic heterocycles. The largest absolute Gasteiger partial charge is 0.308 e. The number of pyridine rings is 1. The minimum atomic E-state index is -0.437. The van der Waals surface area contributed by atoms with Gasteiger partial charge in [0, 0.05) is 11.8 Å². The summed E-state index contributed by atoms with van der Waals surface area (Å²) in [6.45, 7) is 2.01. The van der Waals surface area contributed by atoms with Crippen molar-refractivity contribution in [3.63, 3.8) is 0 Å². The van der Waals surface area contributed by atoms with Crippen LogP contribution < -0.4 is 11.3 Å². The van der Waals surface area contributed by atoms with Crippen molar-refractivity contribution in [3.8, 4) is 0 Å². The van der Waals surface area contributed by atoms with Crippen molar-refractivity contribution in [2.45, 2.75) is 17.7 Å². The van der Waals surface area contributed by atoms with Crippen LogP contribution in [0.3, 0.4) is 0 Å². The molecule has 104 valence electrons. The number of aryl methyl sites for hydroxylation is 1. The molecule has 0 aliphatic rings. The second kappa shape index (κ2) is 6.36. The third-order valence-electron chi connectivity index (χ3n) is 2.81. The molecule has 7 heteroatoms. The predicted molar refractivity (Wildman–Crippen MR) is 79.4 cm³/mol. The van der Waals surface area contributed by atoms with Crippen molar-refractivity contribution in [2.24, 2.45) is 5.84 Å². The Morgan fingerprint density at radius 3 is 2.75 bits per heavy atom. The number of hydrazine groups is 1. The van der Waals surface area contributed by atoms with E-state index in [-0.39, 0.29) is 5.69 Å². The number of nitro groups is 1. The molecule has 0 spiro atoms. The second-order valence-electron chi connectivity index (χ2n) is 4.14. The van der Waals surface area contributed by atoms with Gasteiger partial charge in [-0.05, 0) is 24.1 Å². The van der Waals surface area contributed by atoms with Crippen LogP contribution >= 0.6 is 11.8 Å². The highest BCUT2D eigenvalue weighted by Gasteiger charge is 2.16. The van der Waals surface area contributed by atoms with Crippen LogP contribution in [0.4, 0.5) is 11.5 Å². The Bertz CT molecular complexity index is 634. The summed E-state index contributed by atoms with van der Waals surface area (Å²) >= 11 is 1.32. The molecule has 0 atom stereocenters. The van der Waals surface area contributed by atoms with E-state index in [0.29, 0.717) is 16.6 Å². The van der Waals surface area contributed by atoms with Crippen molar-refractivity contribution in [1.29, 1.82) is 0 Å². The zero-order chi connectivity index (χ0) is 14.5. The topological polar surface area (TPSA) is 94.1 Å². The Labute approximate surface area is 120 Å². The molecule has 0 fully saturated rings. The first kappa shape index (κ1) is 14.3. The van der Waals surface area contributed by atoms with E-state index in [0.717, 1.165) is 11.1 Å². The Balaban J connectivity index is 2.24. The zero-order valence-corrected chi connectivity index (χ0v) is 11.7. The van der Waals surface area contributed by atoms with Crippen LogP contribution in [0.25, 0.3) is 0 Å². The van der Waals surface area contributed by atoms with Gasteiger partial charge in [0.25, 0.3) is 0 Å². The lowest BCUT2D eigenvalue weighted by Crippen LogP contribution is -2.09. The van der Waals surface area contributed by atoms with E-state index < -0.39 is 4.92 Å². The van der Waals surface area contributed by atoms with Crippen LogP contribution in [0, 0.1) is 17.0 Å². The molecule has 2 rings (SSSR count). The summed E-state index contributed by atoms with van der Waals surface area (Å²) in [7, 11) is 0. The van der Waals surface area contributed by atoms with E-state index in [9.17, 15) is 10.1 Å². The van der Waals surface area contributed by atoms with Gasteiger partial charge in [-0.1, -0.05) is 36.0 Å². The molecule has 0 amide bonds. The number of nitrogens with one attached hydrogen (secondary N) is 1. The molecule has 3 N–H and O–H groups in total. The van der Waals surface area contributed by atoms with Gasteiger partial charge in [0.15, 0.2) is 5.03 Å². The minimum Gasteiger partial charge on any atom is -0.308 e. The van der Waals surface area contributed by atoms with Gasteiger partial charge in [-0.15, -0.1) is 0 Å². The number of nitrogens with zero attached hydrogens (tertiary/aromatic N) is 2. The first-order valence-corrected chi connectivity index (χ1v) is 6.89. The molecule has 0 radical (unpaired) electrons.